The van der Waals surface area contributed by atoms with Gasteiger partial charge in [-0.05, 0) is 31.7 Å². The van der Waals surface area contributed by atoms with Crippen LogP contribution >= 0.6 is 0 Å². The number of aryl methyl sites for hydroxylation is 1. The molecule has 0 bridgehead atoms. The van der Waals surface area contributed by atoms with Gasteiger partial charge in [0.05, 0.1) is 11.5 Å². The third kappa shape index (κ3) is 3.69. The summed E-state index contributed by atoms with van der Waals surface area (Å²) in [6, 6.07) is 7.75. The molecule has 1 aromatic carbocycles. The van der Waals surface area contributed by atoms with Crippen molar-refractivity contribution in [3.8, 4) is 0 Å². The van der Waals surface area contributed by atoms with Crippen molar-refractivity contribution in [2.45, 2.75) is 26.3 Å². The maximum atomic E-state index is 12.7. The van der Waals surface area contributed by atoms with Gasteiger partial charge in [0, 0.05) is 43.4 Å². The molecular weight excluding hydrogens is 320 g/mol. The van der Waals surface area contributed by atoms with Crippen LogP contribution in [0.1, 0.15) is 30.1 Å². The highest BCUT2D eigenvalue weighted by molar-refractivity contribution is 6.07. The summed E-state index contributed by atoms with van der Waals surface area (Å²) >= 11 is 0. The van der Waals surface area contributed by atoms with E-state index in [1.165, 1.54) is 0 Å². The number of nitrogens with one attached hydrogen (secondary N) is 1. The zero-order valence-corrected chi connectivity index (χ0v) is 14.4. The molecule has 6 nitrogen and oxygen atoms in total. The quantitative estimate of drug-likeness (QED) is 0.844. The van der Waals surface area contributed by atoms with Crippen molar-refractivity contribution >= 4 is 22.8 Å². The number of para-hydroxylation sites is 1. The average Bonchev–Trinajstić information content (AvgIpc) is 3.01. The van der Waals surface area contributed by atoms with Crippen molar-refractivity contribution in [2.24, 2.45) is 11.8 Å². The van der Waals surface area contributed by atoms with Gasteiger partial charge in [0.25, 0.3) is 5.91 Å². The Morgan fingerprint density at radius 1 is 1.32 bits per heavy atom. The number of carbonyl (C=O) groups is 2. The summed E-state index contributed by atoms with van der Waals surface area (Å²) < 4.78 is 7.33. The second-order valence-corrected chi connectivity index (χ2v) is 6.45. The highest BCUT2D eigenvalue weighted by atomic mass is 16.5. The Balaban J connectivity index is 1.74. The number of benzene rings is 1. The van der Waals surface area contributed by atoms with E-state index in [0.29, 0.717) is 18.8 Å². The van der Waals surface area contributed by atoms with Crippen LogP contribution in [0.15, 0.2) is 30.5 Å². The van der Waals surface area contributed by atoms with E-state index < -0.39 is 11.9 Å². The Morgan fingerprint density at radius 3 is 2.72 bits per heavy atom. The van der Waals surface area contributed by atoms with Crippen LogP contribution in [0.3, 0.4) is 0 Å². The van der Waals surface area contributed by atoms with Gasteiger partial charge < -0.3 is 19.7 Å². The number of carboxylic acids is 1. The Hall–Kier alpha value is -2.34. The fourth-order valence-corrected chi connectivity index (χ4v) is 3.56. The van der Waals surface area contributed by atoms with Crippen LogP contribution in [0, 0.1) is 11.8 Å². The minimum absolute atomic E-state index is 0.0449. The monoisotopic (exact) mass is 344 g/mol. The lowest BCUT2D eigenvalue weighted by atomic mass is 9.86. The molecule has 1 unspecified atom stereocenters. The predicted octanol–water partition coefficient (Wildman–Crippen LogP) is 2.52. The van der Waals surface area contributed by atoms with Gasteiger partial charge in [-0.25, -0.2) is 0 Å². The molecule has 1 saturated heterocycles. The lowest BCUT2D eigenvalue weighted by Gasteiger charge is -2.27. The van der Waals surface area contributed by atoms with Crippen molar-refractivity contribution in [3.05, 3.63) is 36.0 Å². The minimum atomic E-state index is -0.858. The molecule has 2 aromatic rings. The first-order valence-corrected chi connectivity index (χ1v) is 8.78. The molecule has 6 heteroatoms. The van der Waals surface area contributed by atoms with Gasteiger partial charge in [0.1, 0.15) is 0 Å². The highest BCUT2D eigenvalue weighted by Crippen LogP contribution is 2.25. The number of aromatic nitrogens is 1. The van der Waals surface area contributed by atoms with Crippen LogP contribution in [0.5, 0.6) is 0 Å². The third-order valence-electron chi connectivity index (χ3n) is 5.01. The molecule has 1 aliphatic heterocycles. The Morgan fingerprint density at radius 2 is 2.04 bits per heavy atom. The number of aliphatic carboxylic acids is 1. The summed E-state index contributed by atoms with van der Waals surface area (Å²) in [6.07, 6.45) is 3.29. The Kier molecular flexibility index (Phi) is 5.38. The Labute approximate surface area is 146 Å². The molecule has 0 aliphatic carbocycles. The molecule has 1 fully saturated rings. The third-order valence-corrected chi connectivity index (χ3v) is 5.01. The van der Waals surface area contributed by atoms with E-state index in [9.17, 15) is 14.7 Å². The van der Waals surface area contributed by atoms with Crippen molar-refractivity contribution in [2.75, 3.05) is 19.8 Å². The number of amides is 1. The average molecular weight is 344 g/mol. The van der Waals surface area contributed by atoms with E-state index in [1.807, 2.05) is 42.0 Å². The lowest BCUT2D eigenvalue weighted by molar-refractivity contribution is -0.144. The number of hydrogen-bond donors (Lipinski definition) is 2. The van der Waals surface area contributed by atoms with Gasteiger partial charge in [0.15, 0.2) is 0 Å². The molecule has 1 amide bonds. The van der Waals surface area contributed by atoms with E-state index in [0.717, 1.165) is 30.3 Å². The molecule has 0 radical (unpaired) electrons. The van der Waals surface area contributed by atoms with E-state index >= 15 is 0 Å². The molecule has 2 N–H and O–H groups in total. The molecule has 1 atom stereocenters. The van der Waals surface area contributed by atoms with Crippen LogP contribution < -0.4 is 5.32 Å². The maximum absolute atomic E-state index is 12.7. The molecule has 0 spiro atoms. The number of hydrogen-bond acceptors (Lipinski definition) is 3. The van der Waals surface area contributed by atoms with Crippen LogP contribution in [-0.4, -0.2) is 41.3 Å². The molecule has 2 heterocycles. The molecule has 134 valence electrons. The molecular formula is C19H24N2O4. The number of carboxylic acid groups (broad SMARTS) is 1. The lowest BCUT2D eigenvalue weighted by Crippen LogP contribution is -2.38. The van der Waals surface area contributed by atoms with Crippen molar-refractivity contribution in [3.63, 3.8) is 0 Å². The second-order valence-electron chi connectivity index (χ2n) is 6.45. The van der Waals surface area contributed by atoms with Crippen molar-refractivity contribution in [1.82, 2.24) is 9.88 Å². The molecule has 1 aliphatic rings. The maximum Gasteiger partial charge on any atom is 0.308 e. The van der Waals surface area contributed by atoms with Gasteiger partial charge in [-0.15, -0.1) is 0 Å². The summed E-state index contributed by atoms with van der Waals surface area (Å²) in [5.74, 6) is -1.61. The smallest absolute Gasteiger partial charge is 0.308 e. The van der Waals surface area contributed by atoms with Gasteiger partial charge in [-0.2, -0.15) is 0 Å². The van der Waals surface area contributed by atoms with E-state index in [-0.39, 0.29) is 18.4 Å². The van der Waals surface area contributed by atoms with Crippen molar-refractivity contribution < 1.29 is 19.4 Å². The first kappa shape index (κ1) is 17.5. The topological polar surface area (TPSA) is 80.6 Å². The van der Waals surface area contributed by atoms with Crippen LogP contribution in [0.2, 0.25) is 0 Å². The number of rotatable bonds is 6. The molecule has 1 aromatic heterocycles. The number of ether oxygens (including phenoxy) is 1. The number of carbonyl (C=O) groups excluding carboxylic acids is 1. The Bertz CT molecular complexity index is 762. The summed E-state index contributed by atoms with van der Waals surface area (Å²) in [5.41, 5.74) is 1.60. The minimum Gasteiger partial charge on any atom is -0.481 e. The predicted molar refractivity (Wildman–Crippen MR) is 94.6 cm³/mol. The van der Waals surface area contributed by atoms with Crippen LogP contribution in [0.25, 0.3) is 10.9 Å². The number of nitrogens with zero attached hydrogens (tertiary/aromatic N) is 1. The van der Waals surface area contributed by atoms with Gasteiger partial charge in [0.2, 0.25) is 0 Å². The first-order chi connectivity index (χ1) is 12.1. The zero-order valence-electron chi connectivity index (χ0n) is 14.4. The van der Waals surface area contributed by atoms with Crippen LogP contribution in [0.4, 0.5) is 0 Å². The first-order valence-electron chi connectivity index (χ1n) is 8.78. The standard InChI is InChI=1S/C19H24N2O4/c1-2-21-12-16(14-5-3-4-6-17(14)21)18(22)20-11-15(19(23)24)13-7-9-25-10-8-13/h3-6,12-13,15H,2,7-11H2,1H3,(H,20,22)(H,23,24). The van der Waals surface area contributed by atoms with Crippen LogP contribution in [-0.2, 0) is 16.1 Å². The SMILES string of the molecule is CCn1cc(C(=O)NCC(C(=O)O)C2CCOCC2)c2ccccc21. The largest absolute Gasteiger partial charge is 0.481 e. The van der Waals surface area contributed by atoms with E-state index in [1.54, 1.807) is 0 Å². The second kappa shape index (κ2) is 7.70. The van der Waals surface area contributed by atoms with Crippen molar-refractivity contribution in [1.29, 1.82) is 0 Å². The molecule has 25 heavy (non-hydrogen) atoms. The fourth-order valence-electron chi connectivity index (χ4n) is 3.56. The van der Waals surface area contributed by atoms with Gasteiger partial charge >= 0.3 is 5.97 Å². The summed E-state index contributed by atoms with van der Waals surface area (Å²) in [6.45, 7) is 4.12. The summed E-state index contributed by atoms with van der Waals surface area (Å²) in [5, 5.41) is 13.2. The van der Waals surface area contributed by atoms with Gasteiger partial charge in [-0.1, -0.05) is 18.2 Å². The fraction of sp³-hybridized carbons (Fsp3) is 0.474. The zero-order chi connectivity index (χ0) is 17.8. The van der Waals surface area contributed by atoms with E-state index in [4.69, 9.17) is 4.74 Å². The molecule has 3 rings (SSSR count). The van der Waals surface area contributed by atoms with Gasteiger partial charge in [-0.3, -0.25) is 9.59 Å². The summed E-state index contributed by atoms with van der Waals surface area (Å²) in [4.78, 5) is 24.3. The number of fused-ring (bicyclic) bond motifs is 1. The normalized spacial score (nSPS) is 16.7. The van der Waals surface area contributed by atoms with E-state index in [2.05, 4.69) is 5.32 Å². The summed E-state index contributed by atoms with van der Waals surface area (Å²) in [7, 11) is 0. The highest BCUT2D eigenvalue weighted by Gasteiger charge is 2.30. The molecule has 0 saturated carbocycles.